The number of nitrogens with zero attached hydrogens (tertiary/aromatic N) is 2. The molecule has 0 radical (unpaired) electrons. The van der Waals surface area contributed by atoms with Crippen LogP contribution in [-0.4, -0.2) is 12.0 Å². The Hall–Kier alpha value is -1.87. The van der Waals surface area contributed by atoms with E-state index in [-0.39, 0.29) is 0 Å². The maximum absolute atomic E-state index is 5.72. The van der Waals surface area contributed by atoms with Crippen molar-refractivity contribution in [3.05, 3.63) is 53.7 Å². The van der Waals surface area contributed by atoms with Gasteiger partial charge in [0.15, 0.2) is 0 Å². The second-order valence-electron chi connectivity index (χ2n) is 4.08. The van der Waals surface area contributed by atoms with Crippen LogP contribution in [0, 0.1) is 6.92 Å². The SMILES string of the molecule is Cc1ccc(N(C)c2ncccc2CN)cc1. The molecular formula is C14H17N3. The monoisotopic (exact) mass is 227 g/mol. The molecule has 0 atom stereocenters. The number of aromatic nitrogens is 1. The Morgan fingerprint density at radius 1 is 1.18 bits per heavy atom. The van der Waals surface area contributed by atoms with E-state index in [1.54, 1.807) is 6.20 Å². The molecule has 0 spiro atoms. The molecular weight excluding hydrogens is 210 g/mol. The van der Waals surface area contributed by atoms with Crippen LogP contribution in [0.3, 0.4) is 0 Å². The molecule has 17 heavy (non-hydrogen) atoms. The van der Waals surface area contributed by atoms with Crippen molar-refractivity contribution in [3.8, 4) is 0 Å². The van der Waals surface area contributed by atoms with Gasteiger partial charge in [0.05, 0.1) is 0 Å². The van der Waals surface area contributed by atoms with Crippen LogP contribution >= 0.6 is 0 Å². The lowest BCUT2D eigenvalue weighted by molar-refractivity contribution is 1.01. The Balaban J connectivity index is 2.36. The molecule has 0 saturated carbocycles. The molecule has 2 N–H and O–H groups in total. The third-order valence-corrected chi connectivity index (χ3v) is 2.83. The van der Waals surface area contributed by atoms with Gasteiger partial charge in [0, 0.05) is 31.0 Å². The lowest BCUT2D eigenvalue weighted by atomic mass is 10.2. The predicted molar refractivity (Wildman–Crippen MR) is 71.4 cm³/mol. The van der Waals surface area contributed by atoms with Crippen LogP contribution in [0.1, 0.15) is 11.1 Å². The Labute approximate surface area is 102 Å². The van der Waals surface area contributed by atoms with E-state index in [4.69, 9.17) is 5.73 Å². The molecule has 0 fully saturated rings. The van der Waals surface area contributed by atoms with Crippen molar-refractivity contribution in [2.45, 2.75) is 13.5 Å². The van der Waals surface area contributed by atoms with Crippen molar-refractivity contribution in [1.82, 2.24) is 4.98 Å². The first-order valence-corrected chi connectivity index (χ1v) is 5.66. The van der Waals surface area contributed by atoms with Gasteiger partial charge in [-0.05, 0) is 25.1 Å². The van der Waals surface area contributed by atoms with E-state index in [1.807, 2.05) is 19.2 Å². The summed E-state index contributed by atoms with van der Waals surface area (Å²) in [6.07, 6.45) is 1.79. The van der Waals surface area contributed by atoms with Crippen LogP contribution in [0.5, 0.6) is 0 Å². The minimum atomic E-state index is 0.499. The molecule has 1 heterocycles. The fourth-order valence-electron chi connectivity index (χ4n) is 1.78. The van der Waals surface area contributed by atoms with Gasteiger partial charge < -0.3 is 10.6 Å². The normalized spacial score (nSPS) is 10.3. The molecule has 3 heteroatoms. The number of nitrogens with two attached hydrogens (primary N) is 1. The molecule has 88 valence electrons. The van der Waals surface area contributed by atoms with E-state index in [0.717, 1.165) is 17.1 Å². The molecule has 2 aromatic rings. The van der Waals surface area contributed by atoms with Crippen LogP contribution in [0.4, 0.5) is 11.5 Å². The molecule has 0 amide bonds. The smallest absolute Gasteiger partial charge is 0.137 e. The van der Waals surface area contributed by atoms with Gasteiger partial charge in [-0.3, -0.25) is 0 Å². The average molecular weight is 227 g/mol. The molecule has 0 aliphatic carbocycles. The van der Waals surface area contributed by atoms with Crippen molar-refractivity contribution >= 4 is 11.5 Å². The molecule has 2 rings (SSSR count). The van der Waals surface area contributed by atoms with Gasteiger partial charge >= 0.3 is 0 Å². The van der Waals surface area contributed by atoms with E-state index in [1.165, 1.54) is 5.56 Å². The molecule has 0 aliphatic rings. The highest BCUT2D eigenvalue weighted by molar-refractivity contribution is 5.62. The molecule has 0 unspecified atom stereocenters. The van der Waals surface area contributed by atoms with Crippen molar-refractivity contribution < 1.29 is 0 Å². The first-order chi connectivity index (χ1) is 8.22. The lowest BCUT2D eigenvalue weighted by Gasteiger charge is -2.20. The van der Waals surface area contributed by atoms with Gasteiger partial charge in [-0.15, -0.1) is 0 Å². The summed E-state index contributed by atoms with van der Waals surface area (Å²) in [4.78, 5) is 6.45. The molecule has 0 aliphatic heterocycles. The average Bonchev–Trinajstić information content (AvgIpc) is 2.39. The summed E-state index contributed by atoms with van der Waals surface area (Å²) in [6, 6.07) is 12.3. The second-order valence-corrected chi connectivity index (χ2v) is 4.08. The van der Waals surface area contributed by atoms with Crippen molar-refractivity contribution in [3.63, 3.8) is 0 Å². The van der Waals surface area contributed by atoms with Gasteiger partial charge in [0.1, 0.15) is 5.82 Å². The summed E-state index contributed by atoms with van der Waals surface area (Å²) >= 11 is 0. The van der Waals surface area contributed by atoms with Gasteiger partial charge in [0.2, 0.25) is 0 Å². The fraction of sp³-hybridized carbons (Fsp3) is 0.214. The minimum absolute atomic E-state index is 0.499. The van der Waals surface area contributed by atoms with Crippen LogP contribution in [0.25, 0.3) is 0 Å². The summed E-state index contributed by atoms with van der Waals surface area (Å²) in [7, 11) is 2.01. The van der Waals surface area contributed by atoms with Crippen LogP contribution in [0.2, 0.25) is 0 Å². The third kappa shape index (κ3) is 2.45. The van der Waals surface area contributed by atoms with Gasteiger partial charge in [-0.25, -0.2) is 4.98 Å². The van der Waals surface area contributed by atoms with E-state index in [0.29, 0.717) is 6.54 Å². The van der Waals surface area contributed by atoms with Crippen molar-refractivity contribution in [1.29, 1.82) is 0 Å². The fourth-order valence-corrected chi connectivity index (χ4v) is 1.78. The maximum atomic E-state index is 5.72. The number of aryl methyl sites for hydroxylation is 1. The molecule has 1 aromatic heterocycles. The van der Waals surface area contributed by atoms with Crippen LogP contribution in [-0.2, 0) is 6.54 Å². The zero-order valence-corrected chi connectivity index (χ0v) is 10.2. The van der Waals surface area contributed by atoms with Gasteiger partial charge in [-0.2, -0.15) is 0 Å². The molecule has 3 nitrogen and oxygen atoms in total. The molecule has 1 aromatic carbocycles. The van der Waals surface area contributed by atoms with E-state index < -0.39 is 0 Å². The highest BCUT2D eigenvalue weighted by Gasteiger charge is 2.08. The van der Waals surface area contributed by atoms with E-state index in [9.17, 15) is 0 Å². The van der Waals surface area contributed by atoms with Crippen molar-refractivity contribution in [2.24, 2.45) is 5.73 Å². The summed E-state index contributed by atoms with van der Waals surface area (Å²) in [6.45, 7) is 2.58. The highest BCUT2D eigenvalue weighted by Crippen LogP contribution is 2.24. The van der Waals surface area contributed by atoms with E-state index >= 15 is 0 Å². The lowest BCUT2D eigenvalue weighted by Crippen LogP contribution is -2.14. The number of hydrogen-bond donors (Lipinski definition) is 1. The van der Waals surface area contributed by atoms with Gasteiger partial charge in [0.25, 0.3) is 0 Å². The maximum Gasteiger partial charge on any atom is 0.137 e. The zero-order chi connectivity index (χ0) is 12.3. The minimum Gasteiger partial charge on any atom is -0.329 e. The van der Waals surface area contributed by atoms with E-state index in [2.05, 4.69) is 41.1 Å². The summed E-state index contributed by atoms with van der Waals surface area (Å²) in [5.41, 5.74) is 9.14. The molecule has 0 saturated heterocycles. The Bertz CT molecular complexity index is 491. The number of benzene rings is 1. The van der Waals surface area contributed by atoms with Crippen LogP contribution < -0.4 is 10.6 Å². The highest BCUT2D eigenvalue weighted by atomic mass is 15.2. The Kier molecular flexibility index (Phi) is 3.40. The standard InChI is InChI=1S/C14H17N3/c1-11-5-7-13(8-6-11)17(2)14-12(10-15)4-3-9-16-14/h3-9H,10,15H2,1-2H3. The van der Waals surface area contributed by atoms with Gasteiger partial charge in [-0.1, -0.05) is 23.8 Å². The first-order valence-electron chi connectivity index (χ1n) is 5.66. The summed E-state index contributed by atoms with van der Waals surface area (Å²) < 4.78 is 0. The largest absolute Gasteiger partial charge is 0.329 e. The first kappa shape index (κ1) is 11.6. The Morgan fingerprint density at radius 2 is 1.88 bits per heavy atom. The second kappa shape index (κ2) is 4.97. The third-order valence-electron chi connectivity index (χ3n) is 2.83. The zero-order valence-electron chi connectivity index (χ0n) is 10.2. The topological polar surface area (TPSA) is 42.2 Å². The predicted octanol–water partition coefficient (Wildman–Crippen LogP) is 2.62. The Morgan fingerprint density at radius 3 is 2.53 bits per heavy atom. The molecule has 0 bridgehead atoms. The quantitative estimate of drug-likeness (QED) is 0.876. The van der Waals surface area contributed by atoms with Crippen molar-refractivity contribution in [2.75, 3.05) is 11.9 Å². The number of anilines is 2. The summed E-state index contributed by atoms with van der Waals surface area (Å²) in [5, 5.41) is 0. The number of hydrogen-bond acceptors (Lipinski definition) is 3. The number of rotatable bonds is 3. The summed E-state index contributed by atoms with van der Waals surface area (Å²) in [5.74, 6) is 0.916. The number of pyridine rings is 1. The van der Waals surface area contributed by atoms with Crippen LogP contribution in [0.15, 0.2) is 42.6 Å².